The number of H-pyrrole nitrogens is 1. The standard InChI is InChI=1S/C10H8BrFN2O/c1-5(15)14-9-4-13-10-7(9)2-6(11)3-8(10)12/h2-4,13H,1H3,(H,14,15). The molecule has 0 saturated heterocycles. The van der Waals surface area contributed by atoms with E-state index in [1.807, 2.05) is 0 Å². The number of hydrogen-bond acceptors (Lipinski definition) is 1. The zero-order chi connectivity index (χ0) is 11.0. The molecule has 78 valence electrons. The van der Waals surface area contributed by atoms with Crippen LogP contribution >= 0.6 is 15.9 Å². The van der Waals surface area contributed by atoms with Crippen molar-refractivity contribution in [2.24, 2.45) is 0 Å². The predicted octanol–water partition coefficient (Wildman–Crippen LogP) is 3.03. The fourth-order valence-corrected chi connectivity index (χ4v) is 1.88. The molecule has 2 aromatic rings. The number of amides is 1. The lowest BCUT2D eigenvalue weighted by molar-refractivity contribution is -0.114. The van der Waals surface area contributed by atoms with Gasteiger partial charge in [0.05, 0.1) is 11.2 Å². The van der Waals surface area contributed by atoms with Gasteiger partial charge >= 0.3 is 0 Å². The van der Waals surface area contributed by atoms with Crippen molar-refractivity contribution in [1.29, 1.82) is 0 Å². The van der Waals surface area contributed by atoms with Crippen LogP contribution in [0.1, 0.15) is 6.92 Å². The largest absolute Gasteiger partial charge is 0.357 e. The SMILES string of the molecule is CC(=O)Nc1c[nH]c2c(F)cc(Br)cc12. The molecule has 0 unspecified atom stereocenters. The van der Waals surface area contributed by atoms with Crippen molar-refractivity contribution in [3.63, 3.8) is 0 Å². The van der Waals surface area contributed by atoms with E-state index in [1.54, 1.807) is 12.3 Å². The summed E-state index contributed by atoms with van der Waals surface area (Å²) in [6.45, 7) is 1.41. The van der Waals surface area contributed by atoms with Crippen molar-refractivity contribution in [3.8, 4) is 0 Å². The number of fused-ring (bicyclic) bond motifs is 1. The molecular formula is C10H8BrFN2O. The van der Waals surface area contributed by atoms with Crippen LogP contribution in [0.25, 0.3) is 10.9 Å². The van der Waals surface area contributed by atoms with Crippen LogP contribution in [0, 0.1) is 5.82 Å². The molecule has 1 amide bonds. The fourth-order valence-electron chi connectivity index (χ4n) is 1.45. The quantitative estimate of drug-likeness (QED) is 0.822. The summed E-state index contributed by atoms with van der Waals surface area (Å²) in [4.78, 5) is 13.7. The average molecular weight is 271 g/mol. The number of benzene rings is 1. The number of rotatable bonds is 1. The molecule has 1 aromatic heterocycles. The molecule has 5 heteroatoms. The number of aromatic nitrogens is 1. The Hall–Kier alpha value is -1.36. The molecule has 0 saturated carbocycles. The summed E-state index contributed by atoms with van der Waals surface area (Å²) < 4.78 is 14.1. The van der Waals surface area contributed by atoms with Crippen LogP contribution in [-0.2, 0) is 4.79 Å². The van der Waals surface area contributed by atoms with Gasteiger partial charge < -0.3 is 10.3 Å². The third kappa shape index (κ3) is 1.87. The normalized spacial score (nSPS) is 10.6. The monoisotopic (exact) mass is 270 g/mol. The van der Waals surface area contributed by atoms with E-state index in [0.717, 1.165) is 0 Å². The lowest BCUT2D eigenvalue weighted by atomic mass is 10.2. The third-order valence-corrected chi connectivity index (χ3v) is 2.47. The Balaban J connectivity index is 2.63. The van der Waals surface area contributed by atoms with Crippen LogP contribution in [0.15, 0.2) is 22.8 Å². The third-order valence-electron chi connectivity index (χ3n) is 2.02. The van der Waals surface area contributed by atoms with E-state index in [9.17, 15) is 9.18 Å². The number of halogens is 2. The predicted molar refractivity (Wildman–Crippen MR) is 60.3 cm³/mol. The number of anilines is 1. The van der Waals surface area contributed by atoms with Gasteiger partial charge in [0, 0.05) is 23.0 Å². The average Bonchev–Trinajstić information content (AvgIpc) is 2.48. The molecule has 2 rings (SSSR count). The molecule has 0 aliphatic carbocycles. The Kier molecular flexibility index (Phi) is 2.48. The number of hydrogen-bond donors (Lipinski definition) is 2. The highest BCUT2D eigenvalue weighted by Crippen LogP contribution is 2.28. The summed E-state index contributed by atoms with van der Waals surface area (Å²) in [6.07, 6.45) is 1.57. The minimum Gasteiger partial charge on any atom is -0.357 e. The van der Waals surface area contributed by atoms with E-state index in [4.69, 9.17) is 0 Å². The van der Waals surface area contributed by atoms with E-state index < -0.39 is 0 Å². The van der Waals surface area contributed by atoms with Crippen molar-refractivity contribution < 1.29 is 9.18 Å². The van der Waals surface area contributed by atoms with Gasteiger partial charge in [-0.25, -0.2) is 4.39 Å². The van der Waals surface area contributed by atoms with Crippen molar-refractivity contribution in [2.45, 2.75) is 6.92 Å². The van der Waals surface area contributed by atoms with Crippen molar-refractivity contribution in [1.82, 2.24) is 4.98 Å². The van der Waals surface area contributed by atoms with E-state index in [-0.39, 0.29) is 11.7 Å². The first-order valence-electron chi connectivity index (χ1n) is 4.31. The molecule has 0 radical (unpaired) electrons. The summed E-state index contributed by atoms with van der Waals surface area (Å²) >= 11 is 3.20. The maximum absolute atomic E-state index is 13.4. The zero-order valence-electron chi connectivity index (χ0n) is 7.90. The zero-order valence-corrected chi connectivity index (χ0v) is 9.48. The maximum Gasteiger partial charge on any atom is 0.221 e. The van der Waals surface area contributed by atoms with E-state index in [0.29, 0.717) is 21.1 Å². The molecule has 0 bridgehead atoms. The first-order valence-corrected chi connectivity index (χ1v) is 5.11. The highest BCUT2D eigenvalue weighted by atomic mass is 79.9. The molecule has 0 atom stereocenters. The van der Waals surface area contributed by atoms with Gasteiger partial charge in [0.25, 0.3) is 0 Å². The molecule has 0 fully saturated rings. The number of carbonyl (C=O) groups is 1. The van der Waals surface area contributed by atoms with Gasteiger partial charge in [-0.15, -0.1) is 0 Å². The van der Waals surface area contributed by atoms with Gasteiger partial charge in [-0.1, -0.05) is 15.9 Å². The topological polar surface area (TPSA) is 44.9 Å². The smallest absolute Gasteiger partial charge is 0.221 e. The number of aromatic amines is 1. The van der Waals surface area contributed by atoms with E-state index >= 15 is 0 Å². The van der Waals surface area contributed by atoms with Crippen molar-refractivity contribution >= 4 is 38.4 Å². The van der Waals surface area contributed by atoms with Gasteiger partial charge in [0.2, 0.25) is 5.91 Å². The van der Waals surface area contributed by atoms with Gasteiger partial charge in [0.1, 0.15) is 5.82 Å². The summed E-state index contributed by atoms with van der Waals surface area (Å²) in [7, 11) is 0. The molecule has 0 spiro atoms. The van der Waals surface area contributed by atoms with Gasteiger partial charge in [0.15, 0.2) is 0 Å². The first-order chi connectivity index (χ1) is 7.08. The second-order valence-corrected chi connectivity index (χ2v) is 4.11. The van der Waals surface area contributed by atoms with Crippen LogP contribution < -0.4 is 5.32 Å². The van der Waals surface area contributed by atoms with Gasteiger partial charge in [-0.3, -0.25) is 4.79 Å². The van der Waals surface area contributed by atoms with Gasteiger partial charge in [-0.05, 0) is 12.1 Å². The molecule has 2 N–H and O–H groups in total. The highest BCUT2D eigenvalue weighted by Gasteiger charge is 2.09. The second-order valence-electron chi connectivity index (χ2n) is 3.19. The van der Waals surface area contributed by atoms with Crippen molar-refractivity contribution in [3.05, 3.63) is 28.6 Å². The van der Waals surface area contributed by atoms with Crippen LogP contribution in [0.2, 0.25) is 0 Å². The van der Waals surface area contributed by atoms with Crippen molar-refractivity contribution in [2.75, 3.05) is 5.32 Å². The van der Waals surface area contributed by atoms with Crippen LogP contribution in [0.4, 0.5) is 10.1 Å². The number of nitrogens with one attached hydrogen (secondary N) is 2. The Bertz CT molecular complexity index is 535. The summed E-state index contributed by atoms with van der Waals surface area (Å²) in [5, 5.41) is 3.27. The Morgan fingerprint density at radius 1 is 1.53 bits per heavy atom. The maximum atomic E-state index is 13.4. The van der Waals surface area contributed by atoms with E-state index in [1.165, 1.54) is 13.0 Å². The molecular weight excluding hydrogens is 263 g/mol. The fraction of sp³-hybridized carbons (Fsp3) is 0.100. The lowest BCUT2D eigenvalue weighted by Gasteiger charge is -2.00. The summed E-state index contributed by atoms with van der Waals surface area (Å²) in [6, 6.07) is 3.12. The Labute approximate surface area is 93.8 Å². The Morgan fingerprint density at radius 3 is 2.93 bits per heavy atom. The van der Waals surface area contributed by atoms with Crippen LogP contribution in [0.3, 0.4) is 0 Å². The lowest BCUT2D eigenvalue weighted by Crippen LogP contribution is -2.04. The summed E-state index contributed by atoms with van der Waals surface area (Å²) in [5.41, 5.74) is 0.972. The Morgan fingerprint density at radius 2 is 2.27 bits per heavy atom. The van der Waals surface area contributed by atoms with Crippen LogP contribution in [0.5, 0.6) is 0 Å². The second kappa shape index (κ2) is 3.66. The highest BCUT2D eigenvalue weighted by molar-refractivity contribution is 9.10. The number of carbonyl (C=O) groups excluding carboxylic acids is 1. The van der Waals surface area contributed by atoms with Crippen LogP contribution in [-0.4, -0.2) is 10.9 Å². The minimum absolute atomic E-state index is 0.184. The molecule has 15 heavy (non-hydrogen) atoms. The summed E-state index contributed by atoms with van der Waals surface area (Å²) in [5.74, 6) is -0.535. The molecule has 3 nitrogen and oxygen atoms in total. The van der Waals surface area contributed by atoms with E-state index in [2.05, 4.69) is 26.2 Å². The molecule has 1 heterocycles. The molecule has 1 aromatic carbocycles. The first kappa shape index (κ1) is 10.2. The molecule has 0 aliphatic rings. The molecule has 0 aliphatic heterocycles. The minimum atomic E-state index is -0.351. The van der Waals surface area contributed by atoms with Gasteiger partial charge in [-0.2, -0.15) is 0 Å².